The highest BCUT2D eigenvalue weighted by Gasteiger charge is 2.13. The number of carboxylic acid groups (broad SMARTS) is 1. The summed E-state index contributed by atoms with van der Waals surface area (Å²) in [6.45, 7) is 4.28. The van der Waals surface area contributed by atoms with Gasteiger partial charge in [-0.15, -0.1) is 0 Å². The molecular weight excluding hydrogens is 252 g/mol. The van der Waals surface area contributed by atoms with Crippen LogP contribution < -0.4 is 0 Å². The van der Waals surface area contributed by atoms with Crippen molar-refractivity contribution in [3.05, 3.63) is 28.8 Å². The molecule has 3 nitrogen and oxygen atoms in total. The summed E-state index contributed by atoms with van der Waals surface area (Å²) < 4.78 is 0. The molecule has 1 aromatic rings. The van der Waals surface area contributed by atoms with Gasteiger partial charge in [0.2, 0.25) is 0 Å². The van der Waals surface area contributed by atoms with Gasteiger partial charge < -0.3 is 10.2 Å². The Morgan fingerprint density at radius 3 is 2.15 bits per heavy atom. The summed E-state index contributed by atoms with van der Waals surface area (Å²) in [5.74, 6) is -0.404. The molecule has 1 aromatic carbocycles. The Kier molecular flexibility index (Phi) is 7.13. The highest BCUT2D eigenvalue weighted by atomic mass is 16.4. The second-order valence-corrected chi connectivity index (χ2v) is 5.30. The number of carboxylic acids is 1. The van der Waals surface area contributed by atoms with Crippen LogP contribution in [0.4, 0.5) is 0 Å². The first-order valence-electron chi connectivity index (χ1n) is 7.64. The quantitative estimate of drug-likeness (QED) is 0.715. The number of hydrogen-bond acceptors (Lipinski definition) is 2. The van der Waals surface area contributed by atoms with E-state index in [1.165, 1.54) is 5.56 Å². The summed E-state index contributed by atoms with van der Waals surface area (Å²) >= 11 is 0. The predicted molar refractivity (Wildman–Crippen MR) is 81.3 cm³/mol. The zero-order chi connectivity index (χ0) is 15.0. The maximum atomic E-state index is 10.8. The molecule has 0 aliphatic rings. The number of aliphatic carboxylic acids is 1. The van der Waals surface area contributed by atoms with Crippen molar-refractivity contribution in [1.82, 2.24) is 0 Å². The van der Waals surface area contributed by atoms with Crippen molar-refractivity contribution in [3.63, 3.8) is 0 Å². The van der Waals surface area contributed by atoms with Crippen LogP contribution in [0.3, 0.4) is 0 Å². The third kappa shape index (κ3) is 4.87. The van der Waals surface area contributed by atoms with Crippen LogP contribution in [0.5, 0.6) is 5.75 Å². The number of phenolic OH excluding ortho intramolecular Hbond substituents is 1. The third-order valence-electron chi connectivity index (χ3n) is 3.67. The lowest BCUT2D eigenvalue weighted by Gasteiger charge is -2.16. The number of benzene rings is 1. The number of aromatic hydroxyl groups is 1. The molecule has 0 spiro atoms. The first-order valence-corrected chi connectivity index (χ1v) is 7.64. The number of unbranched alkanes of at least 4 members (excludes halogenated alkanes) is 2. The van der Waals surface area contributed by atoms with Crippen LogP contribution in [0.15, 0.2) is 12.1 Å². The first-order chi connectivity index (χ1) is 9.60. The molecule has 0 bridgehead atoms. The molecule has 0 saturated heterocycles. The zero-order valence-corrected chi connectivity index (χ0v) is 12.6. The molecule has 0 atom stereocenters. The molecule has 3 heteroatoms. The van der Waals surface area contributed by atoms with Crippen molar-refractivity contribution in [2.45, 2.75) is 65.2 Å². The minimum atomic E-state index is -0.769. The van der Waals surface area contributed by atoms with Gasteiger partial charge >= 0.3 is 5.97 Å². The van der Waals surface area contributed by atoms with E-state index in [1.807, 2.05) is 6.07 Å². The van der Waals surface area contributed by atoms with Crippen LogP contribution >= 0.6 is 0 Å². The van der Waals surface area contributed by atoms with Crippen molar-refractivity contribution in [2.75, 3.05) is 0 Å². The molecule has 0 heterocycles. The SMILES string of the molecule is CCCCc1c(O)ccc(CCC(=O)O)c1CCCC. The summed E-state index contributed by atoms with van der Waals surface area (Å²) in [7, 11) is 0. The Bertz CT molecular complexity index is 438. The molecular formula is C17H26O3. The molecule has 0 fully saturated rings. The highest BCUT2D eigenvalue weighted by molar-refractivity contribution is 5.67. The fraction of sp³-hybridized carbons (Fsp3) is 0.588. The summed E-state index contributed by atoms with van der Waals surface area (Å²) in [5.41, 5.74) is 3.30. The van der Waals surface area contributed by atoms with E-state index in [0.717, 1.165) is 49.7 Å². The molecule has 112 valence electrons. The topological polar surface area (TPSA) is 57.5 Å². The molecule has 0 aliphatic carbocycles. The fourth-order valence-corrected chi connectivity index (χ4v) is 2.50. The van der Waals surface area contributed by atoms with Gasteiger partial charge in [-0.05, 0) is 54.9 Å². The fourth-order valence-electron chi connectivity index (χ4n) is 2.50. The van der Waals surface area contributed by atoms with Crippen LogP contribution in [0.2, 0.25) is 0 Å². The molecule has 1 rings (SSSR count). The van der Waals surface area contributed by atoms with Gasteiger partial charge in [0.05, 0.1) is 0 Å². The predicted octanol–water partition coefficient (Wildman–Crippen LogP) is 4.09. The van der Waals surface area contributed by atoms with Crippen LogP contribution in [-0.2, 0) is 24.1 Å². The maximum Gasteiger partial charge on any atom is 0.303 e. The standard InChI is InChI=1S/C17H26O3/c1-3-5-7-14-13(10-12-17(19)20)9-11-16(18)15(14)8-6-4-2/h9,11,18H,3-8,10,12H2,1-2H3,(H,19,20). The summed E-state index contributed by atoms with van der Waals surface area (Å²) in [4.78, 5) is 10.8. The average molecular weight is 278 g/mol. The molecule has 0 amide bonds. The number of aryl methyl sites for hydroxylation is 1. The van der Waals surface area contributed by atoms with Crippen LogP contribution in [-0.4, -0.2) is 16.2 Å². The Labute approximate surface area is 121 Å². The van der Waals surface area contributed by atoms with Gasteiger partial charge in [0, 0.05) is 6.42 Å². The number of hydrogen-bond donors (Lipinski definition) is 2. The van der Waals surface area contributed by atoms with E-state index >= 15 is 0 Å². The van der Waals surface area contributed by atoms with Gasteiger partial charge in [-0.1, -0.05) is 32.8 Å². The van der Waals surface area contributed by atoms with Crippen LogP contribution in [0, 0.1) is 0 Å². The second-order valence-electron chi connectivity index (χ2n) is 5.30. The smallest absolute Gasteiger partial charge is 0.303 e. The summed E-state index contributed by atoms with van der Waals surface area (Å²) in [5, 5.41) is 19.0. The van der Waals surface area contributed by atoms with Crippen molar-refractivity contribution < 1.29 is 15.0 Å². The molecule has 0 unspecified atom stereocenters. The summed E-state index contributed by atoms with van der Waals surface area (Å²) in [6.07, 6.45) is 6.82. The number of carbonyl (C=O) groups is 1. The van der Waals surface area contributed by atoms with E-state index < -0.39 is 5.97 Å². The Morgan fingerprint density at radius 2 is 1.60 bits per heavy atom. The Morgan fingerprint density at radius 1 is 1.00 bits per heavy atom. The molecule has 0 aromatic heterocycles. The number of rotatable bonds is 9. The molecule has 0 saturated carbocycles. The third-order valence-corrected chi connectivity index (χ3v) is 3.67. The van der Waals surface area contributed by atoms with Gasteiger partial charge in [-0.25, -0.2) is 0 Å². The van der Waals surface area contributed by atoms with Gasteiger partial charge in [0.15, 0.2) is 0 Å². The average Bonchev–Trinajstić information content (AvgIpc) is 2.42. The van der Waals surface area contributed by atoms with Crippen molar-refractivity contribution >= 4 is 5.97 Å². The van der Waals surface area contributed by atoms with Crippen molar-refractivity contribution in [1.29, 1.82) is 0 Å². The first kappa shape index (κ1) is 16.5. The Hall–Kier alpha value is -1.51. The van der Waals surface area contributed by atoms with E-state index in [-0.39, 0.29) is 6.42 Å². The lowest BCUT2D eigenvalue weighted by atomic mass is 9.90. The van der Waals surface area contributed by atoms with E-state index in [9.17, 15) is 9.90 Å². The zero-order valence-electron chi connectivity index (χ0n) is 12.6. The second kappa shape index (κ2) is 8.62. The molecule has 2 N–H and O–H groups in total. The normalized spacial score (nSPS) is 10.7. The van der Waals surface area contributed by atoms with Gasteiger partial charge in [0.1, 0.15) is 5.75 Å². The van der Waals surface area contributed by atoms with E-state index in [1.54, 1.807) is 6.07 Å². The lowest BCUT2D eigenvalue weighted by molar-refractivity contribution is -0.136. The Balaban J connectivity index is 3.03. The summed E-state index contributed by atoms with van der Waals surface area (Å²) in [6, 6.07) is 3.61. The minimum Gasteiger partial charge on any atom is -0.508 e. The number of phenols is 1. The van der Waals surface area contributed by atoms with Crippen LogP contribution in [0.25, 0.3) is 0 Å². The van der Waals surface area contributed by atoms with E-state index in [0.29, 0.717) is 12.2 Å². The molecule has 20 heavy (non-hydrogen) atoms. The largest absolute Gasteiger partial charge is 0.508 e. The van der Waals surface area contributed by atoms with Crippen molar-refractivity contribution in [2.24, 2.45) is 0 Å². The molecule has 0 radical (unpaired) electrons. The van der Waals surface area contributed by atoms with Gasteiger partial charge in [-0.2, -0.15) is 0 Å². The van der Waals surface area contributed by atoms with Crippen molar-refractivity contribution in [3.8, 4) is 5.75 Å². The highest BCUT2D eigenvalue weighted by Crippen LogP contribution is 2.28. The van der Waals surface area contributed by atoms with Gasteiger partial charge in [-0.3, -0.25) is 4.79 Å². The lowest BCUT2D eigenvalue weighted by Crippen LogP contribution is -2.04. The van der Waals surface area contributed by atoms with E-state index in [2.05, 4.69) is 13.8 Å². The van der Waals surface area contributed by atoms with Gasteiger partial charge in [0.25, 0.3) is 0 Å². The van der Waals surface area contributed by atoms with E-state index in [4.69, 9.17) is 5.11 Å². The molecule has 0 aliphatic heterocycles. The maximum absolute atomic E-state index is 10.8. The monoisotopic (exact) mass is 278 g/mol. The van der Waals surface area contributed by atoms with Crippen LogP contribution in [0.1, 0.15) is 62.6 Å². The minimum absolute atomic E-state index is 0.150.